The molecule has 140 valence electrons. The number of amides is 2. The van der Waals surface area contributed by atoms with Crippen LogP contribution in [0.3, 0.4) is 0 Å². The van der Waals surface area contributed by atoms with Crippen molar-refractivity contribution in [3.8, 4) is 0 Å². The van der Waals surface area contributed by atoms with Gasteiger partial charge in [-0.2, -0.15) is 0 Å². The number of nitrogens with zero attached hydrogens (tertiary/aromatic N) is 1. The first-order valence-corrected chi connectivity index (χ1v) is 9.03. The SMILES string of the molecule is O=CN(c1ccccc1)C1(C(=O)NC2CC(F)(F)C2)CCc2ccccc21. The van der Waals surface area contributed by atoms with Crippen molar-refractivity contribution >= 4 is 18.0 Å². The van der Waals surface area contributed by atoms with E-state index in [1.165, 1.54) is 4.90 Å². The molecular weight excluding hydrogens is 350 g/mol. The maximum Gasteiger partial charge on any atom is 0.252 e. The van der Waals surface area contributed by atoms with Gasteiger partial charge < -0.3 is 5.32 Å². The highest BCUT2D eigenvalue weighted by atomic mass is 19.3. The molecule has 2 aliphatic rings. The molecule has 2 aromatic carbocycles. The van der Waals surface area contributed by atoms with Gasteiger partial charge in [-0.15, -0.1) is 0 Å². The highest BCUT2D eigenvalue weighted by Gasteiger charge is 2.53. The van der Waals surface area contributed by atoms with Gasteiger partial charge in [-0.25, -0.2) is 8.78 Å². The Morgan fingerprint density at radius 3 is 2.41 bits per heavy atom. The van der Waals surface area contributed by atoms with Gasteiger partial charge in [0.05, 0.1) is 0 Å². The van der Waals surface area contributed by atoms with Crippen molar-refractivity contribution in [2.45, 2.75) is 43.2 Å². The summed E-state index contributed by atoms with van der Waals surface area (Å²) in [5, 5.41) is 2.76. The van der Waals surface area contributed by atoms with E-state index in [1.807, 2.05) is 30.3 Å². The monoisotopic (exact) mass is 370 g/mol. The van der Waals surface area contributed by atoms with Gasteiger partial charge in [-0.05, 0) is 36.1 Å². The summed E-state index contributed by atoms with van der Waals surface area (Å²) < 4.78 is 26.4. The van der Waals surface area contributed by atoms with Gasteiger partial charge in [0.1, 0.15) is 0 Å². The standard InChI is InChI=1S/C21H20F2N2O2/c22-20(23)12-16(13-20)24-19(27)21(11-10-15-6-4-5-9-18(15)21)25(14-26)17-7-2-1-3-8-17/h1-9,14,16H,10-13H2,(H,24,27). The summed E-state index contributed by atoms with van der Waals surface area (Å²) in [5.74, 6) is -3.12. The normalized spacial score (nSPS) is 23.2. The second-order valence-electron chi connectivity index (χ2n) is 7.26. The van der Waals surface area contributed by atoms with Crippen LogP contribution in [0.2, 0.25) is 0 Å². The minimum Gasteiger partial charge on any atom is -0.351 e. The number of anilines is 1. The smallest absolute Gasteiger partial charge is 0.252 e. The zero-order chi connectivity index (χ0) is 19.1. The van der Waals surface area contributed by atoms with Crippen molar-refractivity contribution in [1.82, 2.24) is 5.32 Å². The molecule has 1 fully saturated rings. The Morgan fingerprint density at radius 1 is 1.07 bits per heavy atom. The summed E-state index contributed by atoms with van der Waals surface area (Å²) in [6, 6.07) is 15.9. The third kappa shape index (κ3) is 2.89. The summed E-state index contributed by atoms with van der Waals surface area (Å²) in [7, 11) is 0. The van der Waals surface area contributed by atoms with E-state index >= 15 is 0 Å². The van der Waals surface area contributed by atoms with Crippen LogP contribution >= 0.6 is 0 Å². The van der Waals surface area contributed by atoms with Crippen molar-refractivity contribution in [3.63, 3.8) is 0 Å². The van der Waals surface area contributed by atoms with Crippen LogP contribution in [0.5, 0.6) is 0 Å². The quantitative estimate of drug-likeness (QED) is 0.820. The van der Waals surface area contributed by atoms with Gasteiger partial charge in [0.15, 0.2) is 5.54 Å². The number of hydrogen-bond acceptors (Lipinski definition) is 2. The maximum absolute atomic E-state index is 13.4. The number of hydrogen-bond donors (Lipinski definition) is 1. The second-order valence-corrected chi connectivity index (χ2v) is 7.26. The predicted octanol–water partition coefficient (Wildman–Crippen LogP) is 3.41. The molecular formula is C21H20F2N2O2. The molecule has 0 aromatic heterocycles. The zero-order valence-corrected chi connectivity index (χ0v) is 14.7. The molecule has 27 heavy (non-hydrogen) atoms. The molecule has 0 bridgehead atoms. The van der Waals surface area contributed by atoms with E-state index in [0.717, 1.165) is 11.1 Å². The van der Waals surface area contributed by atoms with Crippen molar-refractivity contribution in [2.75, 3.05) is 4.90 Å². The molecule has 0 aliphatic heterocycles. The van der Waals surface area contributed by atoms with Crippen molar-refractivity contribution < 1.29 is 18.4 Å². The third-order valence-electron chi connectivity index (χ3n) is 5.57. The van der Waals surface area contributed by atoms with Crippen LogP contribution in [0.15, 0.2) is 54.6 Å². The number of alkyl halides is 2. The zero-order valence-electron chi connectivity index (χ0n) is 14.7. The number of fused-ring (bicyclic) bond motifs is 1. The minimum absolute atomic E-state index is 0.358. The first-order valence-electron chi connectivity index (χ1n) is 9.03. The van der Waals surface area contributed by atoms with Crippen LogP contribution in [-0.2, 0) is 21.5 Å². The molecule has 1 atom stereocenters. The molecule has 2 aliphatic carbocycles. The molecule has 0 saturated heterocycles. The number of carbonyl (C=O) groups is 2. The Bertz CT molecular complexity index is 863. The fourth-order valence-electron chi connectivity index (χ4n) is 4.22. The molecule has 2 amide bonds. The topological polar surface area (TPSA) is 49.4 Å². The van der Waals surface area contributed by atoms with Crippen LogP contribution in [0.25, 0.3) is 0 Å². The molecule has 0 heterocycles. The first kappa shape index (κ1) is 17.6. The van der Waals surface area contributed by atoms with E-state index in [4.69, 9.17) is 0 Å². The summed E-state index contributed by atoms with van der Waals surface area (Å²) in [5.41, 5.74) is 1.11. The van der Waals surface area contributed by atoms with Crippen molar-refractivity contribution in [1.29, 1.82) is 0 Å². The summed E-state index contributed by atoms with van der Waals surface area (Å²) in [4.78, 5) is 26.9. The third-order valence-corrected chi connectivity index (χ3v) is 5.57. The highest BCUT2D eigenvalue weighted by molar-refractivity contribution is 5.98. The number of halogens is 2. The van der Waals surface area contributed by atoms with E-state index in [-0.39, 0.29) is 12.8 Å². The van der Waals surface area contributed by atoms with E-state index in [0.29, 0.717) is 24.9 Å². The second kappa shape index (κ2) is 6.44. The Hall–Kier alpha value is -2.76. The van der Waals surface area contributed by atoms with Crippen LogP contribution in [0.4, 0.5) is 14.5 Å². The largest absolute Gasteiger partial charge is 0.351 e. The molecule has 0 spiro atoms. The summed E-state index contributed by atoms with van der Waals surface area (Å²) in [6.45, 7) is 0. The van der Waals surface area contributed by atoms with Gasteiger partial charge in [0.2, 0.25) is 6.41 Å². The molecule has 4 rings (SSSR count). The van der Waals surface area contributed by atoms with Crippen LogP contribution in [-0.4, -0.2) is 24.3 Å². The predicted molar refractivity (Wildman–Crippen MR) is 97.5 cm³/mol. The maximum atomic E-state index is 13.4. The lowest BCUT2D eigenvalue weighted by Crippen LogP contribution is -2.60. The van der Waals surface area contributed by atoms with Gasteiger partial charge >= 0.3 is 0 Å². The molecule has 4 nitrogen and oxygen atoms in total. The molecule has 1 unspecified atom stereocenters. The summed E-state index contributed by atoms with van der Waals surface area (Å²) in [6.07, 6.45) is 0.995. The van der Waals surface area contributed by atoms with Crippen molar-refractivity contribution in [2.24, 2.45) is 0 Å². The number of benzene rings is 2. The number of carbonyl (C=O) groups excluding carboxylic acids is 2. The van der Waals surface area contributed by atoms with Gasteiger partial charge in [0.25, 0.3) is 11.8 Å². The Labute approximate surface area is 156 Å². The van der Waals surface area contributed by atoms with Crippen LogP contribution in [0.1, 0.15) is 30.4 Å². The highest BCUT2D eigenvalue weighted by Crippen LogP contribution is 2.45. The molecule has 6 heteroatoms. The van der Waals surface area contributed by atoms with Crippen LogP contribution < -0.4 is 10.2 Å². The van der Waals surface area contributed by atoms with Crippen LogP contribution in [0, 0.1) is 0 Å². The van der Waals surface area contributed by atoms with E-state index in [1.54, 1.807) is 24.3 Å². The Kier molecular flexibility index (Phi) is 4.21. The molecule has 2 aromatic rings. The lowest BCUT2D eigenvalue weighted by molar-refractivity contribution is -0.135. The molecule has 0 radical (unpaired) electrons. The van der Waals surface area contributed by atoms with Crippen molar-refractivity contribution in [3.05, 3.63) is 65.7 Å². The first-order chi connectivity index (χ1) is 13.0. The lowest BCUT2D eigenvalue weighted by Gasteiger charge is -2.42. The van der Waals surface area contributed by atoms with E-state index in [2.05, 4.69) is 5.32 Å². The fraction of sp³-hybridized carbons (Fsp3) is 0.333. The number of aryl methyl sites for hydroxylation is 1. The molecule has 1 N–H and O–H groups in total. The Morgan fingerprint density at radius 2 is 1.74 bits per heavy atom. The number of rotatable bonds is 5. The minimum atomic E-state index is -2.72. The number of para-hydroxylation sites is 1. The van der Waals surface area contributed by atoms with E-state index < -0.39 is 23.4 Å². The van der Waals surface area contributed by atoms with Gasteiger partial charge in [-0.1, -0.05) is 42.5 Å². The lowest BCUT2D eigenvalue weighted by atomic mass is 9.84. The fourth-order valence-corrected chi connectivity index (χ4v) is 4.22. The average molecular weight is 370 g/mol. The molecule has 1 saturated carbocycles. The Balaban J connectivity index is 1.75. The van der Waals surface area contributed by atoms with Gasteiger partial charge in [0, 0.05) is 24.6 Å². The van der Waals surface area contributed by atoms with Gasteiger partial charge in [-0.3, -0.25) is 14.5 Å². The number of nitrogens with one attached hydrogen (secondary N) is 1. The average Bonchev–Trinajstić information content (AvgIpc) is 3.02. The summed E-state index contributed by atoms with van der Waals surface area (Å²) >= 11 is 0. The van der Waals surface area contributed by atoms with E-state index in [9.17, 15) is 18.4 Å².